The normalized spacial score (nSPS) is 14.0. The Labute approximate surface area is 347 Å². The maximum absolute atomic E-state index is 2.43. The van der Waals surface area contributed by atoms with Gasteiger partial charge in [-0.2, -0.15) is 0 Å². The van der Waals surface area contributed by atoms with Gasteiger partial charge in [0.05, 0.1) is 0 Å². The van der Waals surface area contributed by atoms with Crippen LogP contribution in [0.2, 0.25) is 0 Å². The van der Waals surface area contributed by atoms with Crippen LogP contribution in [0, 0.1) is 0 Å². The number of fused-ring (bicyclic) bond motifs is 7. The Kier molecular flexibility index (Phi) is 7.94. The van der Waals surface area contributed by atoms with Crippen molar-refractivity contribution < 1.29 is 0 Å². The summed E-state index contributed by atoms with van der Waals surface area (Å²) in [6.45, 7) is 9.50. The van der Waals surface area contributed by atoms with E-state index >= 15 is 0 Å². The molecule has 0 saturated heterocycles. The van der Waals surface area contributed by atoms with Crippen molar-refractivity contribution in [3.63, 3.8) is 0 Å². The van der Waals surface area contributed by atoms with Crippen LogP contribution in [0.25, 0.3) is 66.4 Å². The Morgan fingerprint density at radius 1 is 0.288 bits per heavy atom. The van der Waals surface area contributed by atoms with E-state index in [-0.39, 0.29) is 10.8 Å². The minimum absolute atomic E-state index is 0.117. The average Bonchev–Trinajstić information content (AvgIpc) is 3.67. The summed E-state index contributed by atoms with van der Waals surface area (Å²) < 4.78 is 0. The fraction of sp³-hybridized carbons (Fsp3) is 0.103. The van der Waals surface area contributed by atoms with Crippen LogP contribution in [0.15, 0.2) is 200 Å². The molecule has 2 aliphatic rings. The predicted octanol–water partition coefficient (Wildman–Crippen LogP) is 15.9. The molecule has 0 fully saturated rings. The second-order valence-electron chi connectivity index (χ2n) is 17.3. The molecule has 0 bridgehead atoms. The summed E-state index contributed by atoms with van der Waals surface area (Å²) in [7, 11) is 0. The molecule has 0 spiro atoms. The summed E-state index contributed by atoms with van der Waals surface area (Å²) in [6.07, 6.45) is 0. The van der Waals surface area contributed by atoms with Crippen LogP contribution < -0.4 is 4.90 Å². The molecule has 0 atom stereocenters. The molecule has 0 unspecified atom stereocenters. The third-order valence-electron chi connectivity index (χ3n) is 13.2. The van der Waals surface area contributed by atoms with Gasteiger partial charge in [0.2, 0.25) is 0 Å². The molecule has 282 valence electrons. The quantitative estimate of drug-likeness (QED) is 0.163. The summed E-state index contributed by atoms with van der Waals surface area (Å²) in [5.74, 6) is 0. The van der Waals surface area contributed by atoms with Gasteiger partial charge in [-0.15, -0.1) is 0 Å². The first kappa shape index (κ1) is 35.2. The van der Waals surface area contributed by atoms with Crippen molar-refractivity contribution in [1.82, 2.24) is 0 Å². The third-order valence-corrected chi connectivity index (χ3v) is 13.2. The van der Waals surface area contributed by atoms with Gasteiger partial charge in [-0.05, 0) is 131 Å². The smallest absolute Gasteiger partial charge is 0.0467 e. The van der Waals surface area contributed by atoms with Crippen LogP contribution in [-0.2, 0) is 10.8 Å². The van der Waals surface area contributed by atoms with Crippen LogP contribution in [0.5, 0.6) is 0 Å². The number of benzene rings is 9. The molecule has 1 nitrogen and oxygen atoms in total. The molecule has 9 aromatic rings. The maximum Gasteiger partial charge on any atom is 0.0467 e. The summed E-state index contributed by atoms with van der Waals surface area (Å²) in [6, 6.07) is 74.3. The predicted molar refractivity (Wildman–Crippen MR) is 250 cm³/mol. The van der Waals surface area contributed by atoms with E-state index in [0.717, 1.165) is 17.1 Å². The molecule has 0 heterocycles. The molecule has 59 heavy (non-hydrogen) atoms. The highest BCUT2D eigenvalue weighted by molar-refractivity contribution is 5.92. The molecular formula is C58H45N. The highest BCUT2D eigenvalue weighted by atomic mass is 15.1. The molecule has 0 radical (unpaired) electrons. The molecule has 0 aromatic heterocycles. The van der Waals surface area contributed by atoms with Crippen molar-refractivity contribution in [3.8, 4) is 55.6 Å². The van der Waals surface area contributed by atoms with E-state index in [4.69, 9.17) is 0 Å². The zero-order chi connectivity index (χ0) is 39.9. The van der Waals surface area contributed by atoms with Crippen molar-refractivity contribution in [2.45, 2.75) is 38.5 Å². The van der Waals surface area contributed by atoms with E-state index in [1.807, 2.05) is 0 Å². The Morgan fingerprint density at radius 3 is 1.29 bits per heavy atom. The van der Waals surface area contributed by atoms with E-state index < -0.39 is 0 Å². The van der Waals surface area contributed by atoms with E-state index in [2.05, 4.69) is 233 Å². The van der Waals surface area contributed by atoms with Crippen molar-refractivity contribution in [2.24, 2.45) is 0 Å². The van der Waals surface area contributed by atoms with Crippen LogP contribution in [0.3, 0.4) is 0 Å². The van der Waals surface area contributed by atoms with Gasteiger partial charge < -0.3 is 4.90 Å². The Bertz CT molecular complexity index is 2960. The van der Waals surface area contributed by atoms with Crippen molar-refractivity contribution in [2.75, 3.05) is 4.90 Å². The maximum atomic E-state index is 2.43. The zero-order valence-electron chi connectivity index (χ0n) is 34.0. The van der Waals surface area contributed by atoms with Gasteiger partial charge in [-0.25, -0.2) is 0 Å². The number of anilines is 3. The number of rotatable bonds is 6. The van der Waals surface area contributed by atoms with Crippen molar-refractivity contribution >= 4 is 27.8 Å². The molecule has 0 saturated carbocycles. The third kappa shape index (κ3) is 5.53. The first-order chi connectivity index (χ1) is 28.8. The second-order valence-corrected chi connectivity index (χ2v) is 17.3. The Morgan fingerprint density at radius 2 is 0.729 bits per heavy atom. The van der Waals surface area contributed by atoms with Gasteiger partial charge in [0.15, 0.2) is 0 Å². The lowest BCUT2D eigenvalue weighted by atomic mass is 9.79. The fourth-order valence-electron chi connectivity index (χ4n) is 10.4. The van der Waals surface area contributed by atoms with Crippen molar-refractivity contribution in [1.29, 1.82) is 0 Å². The van der Waals surface area contributed by atoms with E-state index in [1.165, 1.54) is 88.7 Å². The minimum Gasteiger partial charge on any atom is -0.310 e. The van der Waals surface area contributed by atoms with Gasteiger partial charge in [0.1, 0.15) is 0 Å². The topological polar surface area (TPSA) is 3.24 Å². The van der Waals surface area contributed by atoms with Gasteiger partial charge in [0, 0.05) is 27.9 Å². The number of nitrogens with zero attached hydrogens (tertiary/aromatic N) is 1. The molecule has 0 N–H and O–H groups in total. The molecule has 2 aliphatic carbocycles. The van der Waals surface area contributed by atoms with Gasteiger partial charge in [0.25, 0.3) is 0 Å². The summed E-state index contributed by atoms with van der Waals surface area (Å²) in [5, 5.41) is 2.51. The highest BCUT2D eigenvalue weighted by Crippen LogP contribution is 2.54. The van der Waals surface area contributed by atoms with E-state index in [9.17, 15) is 0 Å². The van der Waals surface area contributed by atoms with Gasteiger partial charge in [-0.3, -0.25) is 0 Å². The highest BCUT2D eigenvalue weighted by Gasteiger charge is 2.38. The standard InChI is InChI=1S/C58H45N/c1-57(2)53-27-9-7-21-49(53)51-25-13-23-47(55(51)57)42-17-11-19-45(36-42)59(44-33-31-39(32-34-44)41-30-29-38-15-5-6-16-40(38)35-41)46-20-12-18-43(37-46)48-24-14-26-52-50-22-8-10-28-54(50)58(3,4)56(48)52/h5-37H,1-4H3. The number of hydrogen-bond donors (Lipinski definition) is 0. The largest absolute Gasteiger partial charge is 0.310 e. The lowest BCUT2D eigenvalue weighted by Crippen LogP contribution is -2.16. The van der Waals surface area contributed by atoms with E-state index in [1.54, 1.807) is 0 Å². The number of hydrogen-bond acceptors (Lipinski definition) is 1. The first-order valence-corrected chi connectivity index (χ1v) is 20.8. The second kappa shape index (κ2) is 13.3. The summed E-state index contributed by atoms with van der Waals surface area (Å²) >= 11 is 0. The lowest BCUT2D eigenvalue weighted by Gasteiger charge is -2.28. The average molecular weight is 756 g/mol. The lowest BCUT2D eigenvalue weighted by molar-refractivity contribution is 0.662. The SMILES string of the molecule is CC1(C)c2ccccc2-c2cccc(-c3cccc(N(c4ccc(-c5ccc6ccccc6c5)cc4)c4cccc(-c5cccc6c5C(C)(C)c5ccccc5-6)c4)c3)c21. The van der Waals surface area contributed by atoms with Gasteiger partial charge >= 0.3 is 0 Å². The van der Waals surface area contributed by atoms with Gasteiger partial charge in [-0.1, -0.05) is 185 Å². The first-order valence-electron chi connectivity index (χ1n) is 20.8. The molecule has 0 aliphatic heterocycles. The summed E-state index contributed by atoms with van der Waals surface area (Å²) in [5.41, 5.74) is 21.5. The molecule has 1 heteroatoms. The fourth-order valence-corrected chi connectivity index (χ4v) is 10.4. The Hall–Kier alpha value is -6.96. The monoisotopic (exact) mass is 755 g/mol. The van der Waals surface area contributed by atoms with Crippen LogP contribution in [0.1, 0.15) is 49.9 Å². The molecular weight excluding hydrogens is 711 g/mol. The molecule has 11 rings (SSSR count). The Balaban J connectivity index is 1.06. The molecule has 0 amide bonds. The minimum atomic E-state index is -0.117. The zero-order valence-corrected chi connectivity index (χ0v) is 34.0. The van der Waals surface area contributed by atoms with Crippen LogP contribution in [-0.4, -0.2) is 0 Å². The molecule has 9 aromatic carbocycles. The summed E-state index contributed by atoms with van der Waals surface area (Å²) in [4.78, 5) is 2.43. The van der Waals surface area contributed by atoms with E-state index in [0.29, 0.717) is 0 Å². The van der Waals surface area contributed by atoms with Crippen LogP contribution in [0.4, 0.5) is 17.1 Å². The van der Waals surface area contributed by atoms with Crippen molar-refractivity contribution in [3.05, 3.63) is 222 Å². The van der Waals surface area contributed by atoms with Crippen LogP contribution >= 0.6 is 0 Å².